The van der Waals surface area contributed by atoms with E-state index in [1.54, 1.807) is 25.4 Å². The number of aliphatic hydroxyl groups excluding tert-OH is 1. The Morgan fingerprint density at radius 2 is 1.90 bits per heavy atom. The van der Waals surface area contributed by atoms with Crippen LogP contribution in [0.15, 0.2) is 30.5 Å². The van der Waals surface area contributed by atoms with Gasteiger partial charge in [-0.15, -0.1) is 16.4 Å². The number of rotatable bonds is 8. The minimum atomic E-state index is -1.34. The maximum Gasteiger partial charge on any atom is 0.410 e. The Balaban J connectivity index is 1.31. The fourth-order valence-corrected chi connectivity index (χ4v) is 8.48. The molecular formula is C35H53BN6O6S. The van der Waals surface area contributed by atoms with Gasteiger partial charge in [-0.2, -0.15) is 0 Å². The van der Waals surface area contributed by atoms with E-state index in [2.05, 4.69) is 36.4 Å². The maximum absolute atomic E-state index is 13.6. The first-order chi connectivity index (χ1) is 23.3. The van der Waals surface area contributed by atoms with Gasteiger partial charge in [-0.3, -0.25) is 14.4 Å². The number of methoxy groups -OCH3 is 1. The average molecular weight is 697 g/mol. The number of hydrogen-bond donors (Lipinski definition) is 2. The van der Waals surface area contributed by atoms with E-state index in [4.69, 9.17) is 19.2 Å². The second-order valence-electron chi connectivity index (χ2n) is 14.6. The zero-order chi connectivity index (χ0) is 35.5. The number of aryl methyl sites for hydroxylation is 1. The van der Waals surface area contributed by atoms with E-state index < -0.39 is 35.6 Å². The highest BCUT2D eigenvalue weighted by atomic mass is 32.1. The van der Waals surface area contributed by atoms with Gasteiger partial charge in [0.05, 0.1) is 34.0 Å². The topological polar surface area (TPSA) is 141 Å². The number of para-hydroxylation sites is 1. The molecule has 3 aromatic rings. The van der Waals surface area contributed by atoms with Crippen molar-refractivity contribution < 1.29 is 28.9 Å². The molecule has 1 unspecified atom stereocenters. The van der Waals surface area contributed by atoms with Crippen molar-refractivity contribution in [3.63, 3.8) is 0 Å². The molecule has 0 bridgehead atoms. The molecule has 9 atom stereocenters. The number of hydrogen-bond acceptors (Lipinski definition) is 11. The molecule has 2 aliphatic heterocycles. The number of unbranched alkanes of at least 4 members (excludes halogenated alkanes) is 1. The molecule has 2 N–H and O–H groups in total. The van der Waals surface area contributed by atoms with E-state index in [0.29, 0.717) is 26.1 Å². The molecule has 268 valence electrons. The van der Waals surface area contributed by atoms with Crippen molar-refractivity contribution >= 4 is 41.3 Å². The Morgan fingerprint density at radius 3 is 2.61 bits per heavy atom. The molecule has 2 aromatic heterocycles. The number of ether oxygens (including phenoxy) is 3. The molecular weight excluding hydrogens is 643 g/mol. The lowest BCUT2D eigenvalue weighted by atomic mass is 9.67. The molecule has 2 aliphatic rings. The van der Waals surface area contributed by atoms with Crippen LogP contribution in [0, 0.1) is 11.8 Å². The lowest BCUT2D eigenvalue weighted by molar-refractivity contribution is -0.209. The number of carbonyl (C=O) groups excluding carboxylic acids is 2. The number of carbonyl (C=O) groups is 2. The number of fused-ring (bicyclic) bond motifs is 2. The van der Waals surface area contributed by atoms with Crippen molar-refractivity contribution in [1.29, 1.82) is 0 Å². The van der Waals surface area contributed by atoms with Crippen LogP contribution in [-0.2, 0) is 25.5 Å². The largest absolute Gasteiger partial charge is 0.438 e. The fourth-order valence-electron chi connectivity index (χ4n) is 7.56. The zero-order valence-electron chi connectivity index (χ0n) is 30.2. The first kappa shape index (κ1) is 37.4. The van der Waals surface area contributed by atoms with Crippen molar-refractivity contribution in [2.75, 3.05) is 20.2 Å². The summed E-state index contributed by atoms with van der Waals surface area (Å²) in [7, 11) is 3.73. The summed E-state index contributed by atoms with van der Waals surface area (Å²) in [5, 5.41) is 24.4. The van der Waals surface area contributed by atoms with E-state index in [-0.39, 0.29) is 36.0 Å². The number of aliphatic hydroxyl groups is 1. The number of nitrogens with zero attached hydrogens (tertiary/aromatic N) is 5. The molecule has 49 heavy (non-hydrogen) atoms. The van der Waals surface area contributed by atoms with Gasteiger partial charge in [-0.25, -0.2) is 9.78 Å². The number of Topliss-reactive ketones (excluding diaryl/α,β-unsaturated/α-hetero) is 1. The van der Waals surface area contributed by atoms with Gasteiger partial charge in [0.25, 0.3) is 0 Å². The van der Waals surface area contributed by atoms with Crippen LogP contribution >= 0.6 is 11.3 Å². The number of nitrogens with one attached hydrogen (secondary N) is 1. The molecule has 1 aromatic carbocycles. The van der Waals surface area contributed by atoms with E-state index in [1.165, 1.54) is 0 Å². The molecule has 0 radical (unpaired) electrons. The van der Waals surface area contributed by atoms with Crippen LogP contribution in [-0.4, -0.2) is 106 Å². The zero-order valence-corrected chi connectivity index (χ0v) is 31.0. The van der Waals surface area contributed by atoms with Crippen LogP contribution in [0.2, 0.25) is 5.82 Å². The molecule has 14 heteroatoms. The van der Waals surface area contributed by atoms with E-state index in [1.807, 2.05) is 61.7 Å². The predicted molar refractivity (Wildman–Crippen MR) is 192 cm³/mol. The molecule has 2 saturated heterocycles. The molecule has 12 nitrogen and oxygen atoms in total. The van der Waals surface area contributed by atoms with Gasteiger partial charge in [0.2, 0.25) is 0 Å². The summed E-state index contributed by atoms with van der Waals surface area (Å²) in [5.41, 5.74) is 0.0971. The molecule has 0 saturated carbocycles. The van der Waals surface area contributed by atoms with Gasteiger partial charge in [-0.1, -0.05) is 38.1 Å². The Bertz CT molecular complexity index is 1560. The number of thiazole rings is 1. The van der Waals surface area contributed by atoms with Crippen LogP contribution in [0.3, 0.4) is 0 Å². The van der Waals surface area contributed by atoms with Crippen molar-refractivity contribution in [2.45, 2.75) is 122 Å². The summed E-state index contributed by atoms with van der Waals surface area (Å²) in [5.74, 6) is -0.669. The monoisotopic (exact) mass is 696 g/mol. The first-order valence-electron chi connectivity index (χ1n) is 17.7. The minimum Gasteiger partial charge on any atom is -0.438 e. The molecule has 0 aliphatic carbocycles. The second kappa shape index (κ2) is 15.5. The lowest BCUT2D eigenvalue weighted by Gasteiger charge is -2.42. The minimum absolute atomic E-state index is 0.0587. The standard InChI is InChI=1S/C35H53BN6O6S/c1-8-29-35(6)30(23(4)37-19-21(2)18-34(5,46-7)28(36)17-26(43)22(3)32(44)47-29)42(33(45)48-35)16-12-11-15-41-20-25(39-40-41)31-38-24-13-9-10-14-27(24)49-31/h9-10,13-14,20-23,28-30,32,37,44H,8,11-12,15-19,36H2,1-7H3/t21-,22-,23-,28-,29-,30-,32?,34-,35-/m1/s1. The number of ketones is 1. The van der Waals surface area contributed by atoms with Crippen LogP contribution in [0.4, 0.5) is 4.79 Å². The van der Waals surface area contributed by atoms with Crippen LogP contribution in [0.5, 0.6) is 0 Å². The lowest BCUT2D eigenvalue weighted by Crippen LogP contribution is -2.61. The van der Waals surface area contributed by atoms with E-state index in [0.717, 1.165) is 40.2 Å². The molecule has 5 rings (SSSR count). The van der Waals surface area contributed by atoms with Crippen LogP contribution in [0.25, 0.3) is 20.9 Å². The summed E-state index contributed by atoms with van der Waals surface area (Å²) < 4.78 is 21.4. The van der Waals surface area contributed by atoms with Gasteiger partial charge in [0.1, 0.15) is 30.4 Å². The second-order valence-corrected chi connectivity index (χ2v) is 15.6. The third kappa shape index (κ3) is 8.03. The average Bonchev–Trinajstić information content (AvgIpc) is 3.79. The Labute approximate surface area is 294 Å². The van der Waals surface area contributed by atoms with Gasteiger partial charge >= 0.3 is 6.09 Å². The van der Waals surface area contributed by atoms with E-state index >= 15 is 0 Å². The number of aromatic nitrogens is 4. The third-order valence-corrected chi connectivity index (χ3v) is 11.9. The Morgan fingerprint density at radius 1 is 1.16 bits per heavy atom. The predicted octanol–water partition coefficient (Wildman–Crippen LogP) is 4.47. The summed E-state index contributed by atoms with van der Waals surface area (Å²) in [6.07, 6.45) is 2.51. The fraction of sp³-hybridized carbons (Fsp3) is 0.686. The molecule has 1 amide bonds. The SMILES string of the molecule is B[C@@H]1CC(=O)[C@@H](C)C(O)O[C@H](CC)[C@@]2(C)OC(=O)N(CCCCn3cc(-c4nc5ccccc5s4)nn3)[C@@H]2[C@@H](C)NC[C@H](C)C[C@@]1(C)OC. The normalized spacial score (nSPS) is 33.6. The molecule has 0 spiro atoms. The molecule has 2 fully saturated rings. The maximum atomic E-state index is 13.6. The highest BCUT2D eigenvalue weighted by molar-refractivity contribution is 7.21. The highest BCUT2D eigenvalue weighted by Crippen LogP contribution is 2.40. The Hall–Kier alpha value is -2.91. The third-order valence-electron chi connectivity index (χ3n) is 10.8. The van der Waals surface area contributed by atoms with Crippen molar-refractivity contribution in [2.24, 2.45) is 11.8 Å². The molecule has 4 heterocycles. The van der Waals surface area contributed by atoms with Gasteiger partial charge in [-0.05, 0) is 76.9 Å². The quantitative estimate of drug-likeness (QED) is 0.256. The first-order valence-corrected chi connectivity index (χ1v) is 18.5. The summed E-state index contributed by atoms with van der Waals surface area (Å²) in [6.45, 7) is 13.7. The summed E-state index contributed by atoms with van der Waals surface area (Å²) in [4.78, 5) is 33.5. The number of benzene rings is 1. The smallest absolute Gasteiger partial charge is 0.410 e. The van der Waals surface area contributed by atoms with Crippen molar-refractivity contribution in [3.8, 4) is 10.7 Å². The highest BCUT2D eigenvalue weighted by Gasteiger charge is 2.57. The van der Waals surface area contributed by atoms with Gasteiger partial charge < -0.3 is 24.6 Å². The number of amides is 1. The van der Waals surface area contributed by atoms with Crippen LogP contribution < -0.4 is 5.32 Å². The Kier molecular flexibility index (Phi) is 11.9. The van der Waals surface area contributed by atoms with Gasteiger partial charge in [0.15, 0.2) is 11.9 Å². The summed E-state index contributed by atoms with van der Waals surface area (Å²) in [6, 6.07) is 7.48. The van der Waals surface area contributed by atoms with Crippen LogP contribution in [0.1, 0.15) is 73.6 Å². The van der Waals surface area contributed by atoms with Gasteiger partial charge in [0, 0.05) is 32.7 Å². The van der Waals surface area contributed by atoms with E-state index in [9.17, 15) is 14.7 Å². The summed E-state index contributed by atoms with van der Waals surface area (Å²) >= 11 is 1.59. The van der Waals surface area contributed by atoms with Crippen molar-refractivity contribution in [3.05, 3.63) is 30.5 Å². The van der Waals surface area contributed by atoms with Crippen molar-refractivity contribution in [1.82, 2.24) is 30.2 Å².